The van der Waals surface area contributed by atoms with Gasteiger partial charge in [-0.15, -0.1) is 0 Å². The average molecular weight is 306 g/mol. The van der Waals surface area contributed by atoms with Crippen LogP contribution in [0, 0.1) is 11.2 Å². The van der Waals surface area contributed by atoms with Gasteiger partial charge in [0.05, 0.1) is 11.1 Å². The molecule has 0 unspecified atom stereocenters. The summed E-state index contributed by atoms with van der Waals surface area (Å²) in [6, 6.07) is 6.09. The molecule has 0 bridgehead atoms. The molecule has 1 aromatic carbocycles. The summed E-state index contributed by atoms with van der Waals surface area (Å²) < 4.78 is 13.0. The van der Waals surface area contributed by atoms with E-state index in [-0.39, 0.29) is 11.9 Å². The van der Waals surface area contributed by atoms with Crippen LogP contribution >= 0.6 is 0 Å². The second-order valence-electron chi connectivity index (χ2n) is 6.05. The number of rotatable bonds is 4. The summed E-state index contributed by atoms with van der Waals surface area (Å²) in [7, 11) is 0. The van der Waals surface area contributed by atoms with Crippen molar-refractivity contribution in [3.8, 4) is 0 Å². The molecule has 0 aliphatic carbocycles. The first-order valence-corrected chi connectivity index (χ1v) is 7.52. The average Bonchev–Trinajstić information content (AvgIpc) is 2.97. The van der Waals surface area contributed by atoms with Gasteiger partial charge in [-0.2, -0.15) is 0 Å². The van der Waals surface area contributed by atoms with Gasteiger partial charge in [0.1, 0.15) is 11.9 Å². The van der Waals surface area contributed by atoms with Gasteiger partial charge in [0.2, 0.25) is 0 Å². The number of carboxylic acid groups (broad SMARTS) is 1. The van der Waals surface area contributed by atoms with Gasteiger partial charge in [0, 0.05) is 19.4 Å². The number of carboxylic acids is 1. The second kappa shape index (κ2) is 6.04. The SMILES string of the molecule is O=C(O)[C@@]1(C[C@@H]2CC(c3ccc(F)cc3)=NO2)CCCNC1. The Bertz CT molecular complexity index is 580. The normalized spacial score (nSPS) is 28.0. The summed E-state index contributed by atoms with van der Waals surface area (Å²) in [6.07, 6.45) is 2.26. The molecule has 2 N–H and O–H groups in total. The Morgan fingerprint density at radius 1 is 1.45 bits per heavy atom. The molecule has 2 aliphatic heterocycles. The third-order valence-corrected chi connectivity index (χ3v) is 4.45. The number of nitrogens with zero attached hydrogens (tertiary/aromatic N) is 1. The van der Waals surface area contributed by atoms with Gasteiger partial charge in [0.25, 0.3) is 0 Å². The van der Waals surface area contributed by atoms with Crippen molar-refractivity contribution in [2.24, 2.45) is 10.6 Å². The molecule has 1 fully saturated rings. The maximum Gasteiger partial charge on any atom is 0.311 e. The molecule has 2 aliphatic rings. The van der Waals surface area contributed by atoms with Crippen molar-refractivity contribution >= 4 is 11.7 Å². The number of hydrogen-bond donors (Lipinski definition) is 2. The van der Waals surface area contributed by atoms with Crippen molar-refractivity contribution in [1.82, 2.24) is 5.32 Å². The van der Waals surface area contributed by atoms with Crippen molar-refractivity contribution in [3.63, 3.8) is 0 Å². The Kier molecular flexibility index (Phi) is 4.11. The minimum absolute atomic E-state index is 0.240. The van der Waals surface area contributed by atoms with Gasteiger partial charge in [-0.3, -0.25) is 4.79 Å². The third-order valence-electron chi connectivity index (χ3n) is 4.45. The lowest BCUT2D eigenvalue weighted by Crippen LogP contribution is -2.47. The van der Waals surface area contributed by atoms with E-state index in [4.69, 9.17) is 4.84 Å². The van der Waals surface area contributed by atoms with Crippen molar-refractivity contribution in [1.29, 1.82) is 0 Å². The van der Waals surface area contributed by atoms with Gasteiger partial charge in [-0.25, -0.2) is 4.39 Å². The van der Waals surface area contributed by atoms with Crippen LogP contribution in [0.15, 0.2) is 29.4 Å². The van der Waals surface area contributed by atoms with Gasteiger partial charge >= 0.3 is 5.97 Å². The van der Waals surface area contributed by atoms with E-state index >= 15 is 0 Å². The number of carbonyl (C=O) groups is 1. The van der Waals surface area contributed by atoms with Crippen molar-refractivity contribution < 1.29 is 19.1 Å². The molecule has 118 valence electrons. The van der Waals surface area contributed by atoms with Gasteiger partial charge in [-0.05, 0) is 37.1 Å². The molecule has 1 saturated heterocycles. The monoisotopic (exact) mass is 306 g/mol. The maximum atomic E-state index is 13.0. The minimum Gasteiger partial charge on any atom is -0.481 e. The zero-order valence-corrected chi connectivity index (χ0v) is 12.2. The lowest BCUT2D eigenvalue weighted by atomic mass is 9.75. The largest absolute Gasteiger partial charge is 0.481 e. The molecule has 0 radical (unpaired) electrons. The number of benzene rings is 1. The van der Waals surface area contributed by atoms with Gasteiger partial charge < -0.3 is 15.3 Å². The Morgan fingerprint density at radius 2 is 2.23 bits per heavy atom. The molecule has 2 atom stereocenters. The van der Waals surface area contributed by atoms with Crippen molar-refractivity contribution in [2.45, 2.75) is 31.8 Å². The molecule has 3 rings (SSSR count). The van der Waals surface area contributed by atoms with Crippen LogP contribution in [0.4, 0.5) is 4.39 Å². The van der Waals surface area contributed by atoms with Crippen LogP contribution in [0.25, 0.3) is 0 Å². The molecule has 0 amide bonds. The molecule has 22 heavy (non-hydrogen) atoms. The Balaban J connectivity index is 1.66. The highest BCUT2D eigenvalue weighted by molar-refractivity contribution is 6.01. The van der Waals surface area contributed by atoms with Crippen LogP contribution in [0.5, 0.6) is 0 Å². The van der Waals surface area contributed by atoms with Crippen molar-refractivity contribution in [2.75, 3.05) is 13.1 Å². The van der Waals surface area contributed by atoms with E-state index in [1.165, 1.54) is 12.1 Å². The van der Waals surface area contributed by atoms with E-state index in [0.29, 0.717) is 25.8 Å². The fourth-order valence-electron chi connectivity index (χ4n) is 3.20. The van der Waals surface area contributed by atoms with E-state index in [1.54, 1.807) is 12.1 Å². The van der Waals surface area contributed by atoms with Gasteiger partial charge in [-0.1, -0.05) is 17.3 Å². The standard InChI is InChI=1S/C16H19FN2O3/c17-12-4-2-11(3-5-12)14-8-13(22-19-14)9-16(15(20)21)6-1-7-18-10-16/h2-5,13,18H,1,6-10H2,(H,20,21)/t13-,16+/m0/s1. The number of nitrogens with one attached hydrogen (secondary N) is 1. The highest BCUT2D eigenvalue weighted by Crippen LogP contribution is 2.35. The fourth-order valence-corrected chi connectivity index (χ4v) is 3.20. The lowest BCUT2D eigenvalue weighted by molar-refractivity contribution is -0.152. The third kappa shape index (κ3) is 2.97. The van der Waals surface area contributed by atoms with Crippen LogP contribution in [0.2, 0.25) is 0 Å². The zero-order chi connectivity index (χ0) is 15.6. The first-order chi connectivity index (χ1) is 10.6. The molecule has 0 spiro atoms. The molecule has 0 saturated carbocycles. The molecule has 2 heterocycles. The van der Waals surface area contributed by atoms with E-state index in [1.807, 2.05) is 0 Å². The van der Waals surface area contributed by atoms with Crippen LogP contribution in [0.3, 0.4) is 0 Å². The number of hydrogen-bond acceptors (Lipinski definition) is 4. The van der Waals surface area contributed by atoms with E-state index in [0.717, 1.165) is 24.2 Å². The number of oxime groups is 1. The van der Waals surface area contributed by atoms with Crippen molar-refractivity contribution in [3.05, 3.63) is 35.6 Å². The van der Waals surface area contributed by atoms with E-state index in [9.17, 15) is 14.3 Å². The quantitative estimate of drug-likeness (QED) is 0.894. The molecule has 1 aromatic rings. The molecular formula is C16H19FN2O3. The summed E-state index contributed by atoms with van der Waals surface area (Å²) >= 11 is 0. The van der Waals surface area contributed by atoms with Crippen LogP contribution < -0.4 is 5.32 Å². The fraction of sp³-hybridized carbons (Fsp3) is 0.500. The topological polar surface area (TPSA) is 70.9 Å². The summed E-state index contributed by atoms with van der Waals surface area (Å²) in [5, 5.41) is 16.8. The molecular weight excluding hydrogens is 287 g/mol. The summed E-state index contributed by atoms with van der Waals surface area (Å²) in [4.78, 5) is 17.1. The summed E-state index contributed by atoms with van der Waals surface area (Å²) in [5.41, 5.74) is 0.779. The minimum atomic E-state index is -0.781. The van der Waals surface area contributed by atoms with Crippen LogP contribution in [-0.2, 0) is 9.63 Å². The Hall–Kier alpha value is -1.95. The maximum absolute atomic E-state index is 13.0. The zero-order valence-electron chi connectivity index (χ0n) is 12.2. The lowest BCUT2D eigenvalue weighted by Gasteiger charge is -2.34. The van der Waals surface area contributed by atoms with E-state index < -0.39 is 11.4 Å². The summed E-state index contributed by atoms with van der Waals surface area (Å²) in [6.45, 7) is 1.33. The number of halogens is 1. The highest BCUT2D eigenvalue weighted by Gasteiger charge is 2.43. The first kappa shape index (κ1) is 15.0. The Labute approximate surface area is 128 Å². The predicted octanol–water partition coefficient (Wildman–Crippen LogP) is 2.16. The molecule has 5 nitrogen and oxygen atoms in total. The molecule has 0 aromatic heterocycles. The van der Waals surface area contributed by atoms with Crippen LogP contribution in [-0.4, -0.2) is 36.0 Å². The van der Waals surface area contributed by atoms with Crippen LogP contribution in [0.1, 0.15) is 31.2 Å². The van der Waals surface area contributed by atoms with E-state index in [2.05, 4.69) is 10.5 Å². The molecule has 6 heteroatoms. The predicted molar refractivity (Wildman–Crippen MR) is 79.2 cm³/mol. The second-order valence-corrected chi connectivity index (χ2v) is 6.05. The number of aliphatic carboxylic acids is 1. The Morgan fingerprint density at radius 3 is 2.86 bits per heavy atom. The smallest absolute Gasteiger partial charge is 0.311 e. The first-order valence-electron chi connectivity index (χ1n) is 7.52. The number of piperidine rings is 1. The summed E-state index contributed by atoms with van der Waals surface area (Å²) in [5.74, 6) is -1.07. The van der Waals surface area contributed by atoms with Gasteiger partial charge in [0.15, 0.2) is 0 Å². The highest BCUT2D eigenvalue weighted by atomic mass is 19.1.